The molecular formula is C10H7IN4. The predicted octanol–water partition coefficient (Wildman–Crippen LogP) is 2.56. The van der Waals surface area contributed by atoms with Gasteiger partial charge in [0.2, 0.25) is 0 Å². The molecule has 0 unspecified atom stereocenters. The van der Waals surface area contributed by atoms with E-state index in [1.54, 1.807) is 6.20 Å². The van der Waals surface area contributed by atoms with Crippen LogP contribution in [-0.2, 0) is 0 Å². The third kappa shape index (κ3) is 1.43. The monoisotopic (exact) mass is 310 g/mol. The maximum Gasteiger partial charge on any atom is 0.157 e. The fraction of sp³-hybridized carbons (Fsp3) is 0. The second-order valence-corrected chi connectivity index (χ2v) is 4.36. The molecule has 0 atom stereocenters. The van der Waals surface area contributed by atoms with Crippen LogP contribution >= 0.6 is 22.6 Å². The Morgan fingerprint density at radius 1 is 1.20 bits per heavy atom. The second-order valence-electron chi connectivity index (χ2n) is 3.20. The largest absolute Gasteiger partial charge is 0.337 e. The number of nitrogens with zero attached hydrogens (tertiary/aromatic N) is 2. The number of benzene rings is 1. The van der Waals surface area contributed by atoms with Crippen LogP contribution in [0.2, 0.25) is 0 Å². The van der Waals surface area contributed by atoms with Crippen molar-refractivity contribution in [3.63, 3.8) is 0 Å². The molecule has 0 amide bonds. The van der Waals surface area contributed by atoms with Gasteiger partial charge in [-0.05, 0) is 34.7 Å². The van der Waals surface area contributed by atoms with Gasteiger partial charge in [0.1, 0.15) is 5.69 Å². The Hall–Kier alpha value is -1.37. The number of hydrogen-bond acceptors (Lipinski definition) is 2. The second kappa shape index (κ2) is 3.34. The van der Waals surface area contributed by atoms with Crippen molar-refractivity contribution < 1.29 is 0 Å². The summed E-state index contributed by atoms with van der Waals surface area (Å²) in [5.74, 6) is 0.832. The molecule has 74 valence electrons. The lowest BCUT2D eigenvalue weighted by Crippen LogP contribution is -1.82. The summed E-state index contributed by atoms with van der Waals surface area (Å²) in [7, 11) is 0. The maximum atomic E-state index is 4.48. The number of nitrogens with one attached hydrogen (secondary N) is 2. The van der Waals surface area contributed by atoms with E-state index in [1.807, 2.05) is 24.3 Å². The van der Waals surface area contributed by atoms with Crippen molar-refractivity contribution in [2.45, 2.75) is 0 Å². The Kier molecular flexibility index (Phi) is 1.98. The van der Waals surface area contributed by atoms with Crippen LogP contribution in [0, 0.1) is 3.57 Å². The van der Waals surface area contributed by atoms with E-state index in [4.69, 9.17) is 0 Å². The van der Waals surface area contributed by atoms with Crippen molar-refractivity contribution in [3.05, 3.63) is 34.0 Å². The number of aromatic amines is 2. The zero-order valence-corrected chi connectivity index (χ0v) is 9.82. The van der Waals surface area contributed by atoms with E-state index < -0.39 is 0 Å². The Morgan fingerprint density at radius 3 is 2.80 bits per heavy atom. The van der Waals surface area contributed by atoms with Crippen LogP contribution in [0.25, 0.3) is 22.6 Å². The minimum absolute atomic E-state index is 0.832. The van der Waals surface area contributed by atoms with Gasteiger partial charge in [-0.15, -0.1) is 0 Å². The van der Waals surface area contributed by atoms with E-state index in [0.29, 0.717) is 0 Å². The van der Waals surface area contributed by atoms with Gasteiger partial charge in [0.15, 0.2) is 5.82 Å². The summed E-state index contributed by atoms with van der Waals surface area (Å²) in [6.07, 6.45) is 1.78. The highest BCUT2D eigenvalue weighted by atomic mass is 127. The molecule has 0 aliphatic heterocycles. The van der Waals surface area contributed by atoms with Gasteiger partial charge in [-0.1, -0.05) is 12.1 Å². The lowest BCUT2D eigenvalue weighted by Gasteiger charge is -1.89. The van der Waals surface area contributed by atoms with E-state index >= 15 is 0 Å². The standard InChI is InChI=1S/C10H7IN4/c11-6-5-12-15-9(6)10-13-7-3-1-2-4-8(7)14-10/h1-5H,(H,12,15)(H,13,14). The van der Waals surface area contributed by atoms with Crippen molar-refractivity contribution in [3.8, 4) is 11.5 Å². The molecule has 0 aliphatic carbocycles. The lowest BCUT2D eigenvalue weighted by atomic mass is 10.3. The Bertz CT molecular complexity index is 577. The molecule has 5 heteroatoms. The molecular weight excluding hydrogens is 303 g/mol. The van der Waals surface area contributed by atoms with E-state index in [0.717, 1.165) is 26.1 Å². The van der Waals surface area contributed by atoms with Crippen LogP contribution in [0.4, 0.5) is 0 Å². The smallest absolute Gasteiger partial charge is 0.157 e. The summed E-state index contributed by atoms with van der Waals surface area (Å²) in [5.41, 5.74) is 2.95. The third-order valence-corrected chi connectivity index (χ3v) is 3.04. The average molecular weight is 310 g/mol. The van der Waals surface area contributed by atoms with Crippen LogP contribution in [0.3, 0.4) is 0 Å². The quantitative estimate of drug-likeness (QED) is 0.679. The molecule has 2 aromatic heterocycles. The molecule has 0 aliphatic rings. The van der Waals surface area contributed by atoms with Crippen LogP contribution < -0.4 is 0 Å². The summed E-state index contributed by atoms with van der Waals surface area (Å²) < 4.78 is 1.06. The number of halogens is 1. The summed E-state index contributed by atoms with van der Waals surface area (Å²) in [6, 6.07) is 7.96. The third-order valence-electron chi connectivity index (χ3n) is 2.22. The zero-order valence-electron chi connectivity index (χ0n) is 7.66. The van der Waals surface area contributed by atoms with E-state index in [2.05, 4.69) is 42.8 Å². The van der Waals surface area contributed by atoms with E-state index in [9.17, 15) is 0 Å². The van der Waals surface area contributed by atoms with E-state index in [1.165, 1.54) is 0 Å². The Morgan fingerprint density at radius 2 is 2.07 bits per heavy atom. The lowest BCUT2D eigenvalue weighted by molar-refractivity contribution is 1.08. The molecule has 2 N–H and O–H groups in total. The van der Waals surface area contributed by atoms with Gasteiger partial charge in [0.05, 0.1) is 20.8 Å². The molecule has 3 aromatic rings. The number of rotatable bonds is 1. The number of aromatic nitrogens is 4. The fourth-order valence-corrected chi connectivity index (χ4v) is 2.02. The van der Waals surface area contributed by atoms with Crippen molar-refractivity contribution in [2.24, 2.45) is 0 Å². The first-order chi connectivity index (χ1) is 7.34. The number of fused-ring (bicyclic) bond motifs is 1. The van der Waals surface area contributed by atoms with E-state index in [-0.39, 0.29) is 0 Å². The van der Waals surface area contributed by atoms with Gasteiger partial charge < -0.3 is 4.98 Å². The molecule has 0 radical (unpaired) electrons. The van der Waals surface area contributed by atoms with Crippen LogP contribution in [-0.4, -0.2) is 20.2 Å². The van der Waals surface area contributed by atoms with Gasteiger partial charge in [-0.3, -0.25) is 5.10 Å². The molecule has 3 rings (SSSR count). The summed E-state index contributed by atoms with van der Waals surface area (Å²) in [5, 5.41) is 6.91. The SMILES string of the molecule is Ic1cn[nH]c1-c1nc2ccccc2[nH]1. The summed E-state index contributed by atoms with van der Waals surface area (Å²) in [6.45, 7) is 0. The highest BCUT2D eigenvalue weighted by Gasteiger charge is 2.09. The number of imidazole rings is 1. The highest BCUT2D eigenvalue weighted by molar-refractivity contribution is 14.1. The first kappa shape index (κ1) is 8.90. The van der Waals surface area contributed by atoms with Crippen molar-refractivity contribution in [2.75, 3.05) is 0 Å². The topological polar surface area (TPSA) is 57.4 Å². The van der Waals surface area contributed by atoms with Crippen molar-refractivity contribution in [1.29, 1.82) is 0 Å². The molecule has 0 saturated carbocycles. The van der Waals surface area contributed by atoms with Gasteiger partial charge in [0, 0.05) is 0 Å². The molecule has 1 aromatic carbocycles. The van der Waals surface area contributed by atoms with Crippen LogP contribution in [0.1, 0.15) is 0 Å². The number of para-hydroxylation sites is 2. The minimum Gasteiger partial charge on any atom is -0.337 e. The van der Waals surface area contributed by atoms with Gasteiger partial charge >= 0.3 is 0 Å². The molecule has 0 spiro atoms. The van der Waals surface area contributed by atoms with Crippen LogP contribution in [0.15, 0.2) is 30.5 Å². The van der Waals surface area contributed by atoms with Crippen LogP contribution in [0.5, 0.6) is 0 Å². The normalized spacial score (nSPS) is 11.0. The minimum atomic E-state index is 0.832. The molecule has 0 saturated heterocycles. The van der Waals surface area contributed by atoms with Gasteiger partial charge in [-0.25, -0.2) is 4.98 Å². The summed E-state index contributed by atoms with van der Waals surface area (Å²) in [4.78, 5) is 7.74. The first-order valence-electron chi connectivity index (χ1n) is 4.48. The van der Waals surface area contributed by atoms with Crippen molar-refractivity contribution in [1.82, 2.24) is 20.2 Å². The fourth-order valence-electron chi connectivity index (χ4n) is 1.51. The first-order valence-corrected chi connectivity index (χ1v) is 5.56. The predicted molar refractivity (Wildman–Crippen MR) is 66.4 cm³/mol. The Balaban J connectivity index is 2.24. The average Bonchev–Trinajstić information content (AvgIpc) is 2.82. The highest BCUT2D eigenvalue weighted by Crippen LogP contribution is 2.22. The maximum absolute atomic E-state index is 4.48. The Labute approximate surface area is 99.3 Å². The molecule has 0 bridgehead atoms. The van der Waals surface area contributed by atoms with Gasteiger partial charge in [0.25, 0.3) is 0 Å². The molecule has 4 nitrogen and oxygen atoms in total. The molecule has 2 heterocycles. The molecule has 15 heavy (non-hydrogen) atoms. The molecule has 0 fully saturated rings. The van der Waals surface area contributed by atoms with Gasteiger partial charge in [-0.2, -0.15) is 5.10 Å². The number of hydrogen-bond donors (Lipinski definition) is 2. The zero-order chi connectivity index (χ0) is 10.3. The van der Waals surface area contributed by atoms with Crippen molar-refractivity contribution >= 4 is 33.6 Å². The summed E-state index contributed by atoms with van der Waals surface area (Å²) >= 11 is 2.23. The number of H-pyrrole nitrogens is 2.